The Bertz CT molecular complexity index is 218. The van der Waals surface area contributed by atoms with E-state index < -0.39 is 0 Å². The number of hydrogen-bond donors (Lipinski definition) is 1. The van der Waals surface area contributed by atoms with Crippen LogP contribution >= 0.6 is 0 Å². The summed E-state index contributed by atoms with van der Waals surface area (Å²) in [5.74, 6) is 0.276. The number of unbranched alkanes of at least 4 members (excludes halogenated alkanes) is 3. The Morgan fingerprint density at radius 3 is 2.32 bits per heavy atom. The summed E-state index contributed by atoms with van der Waals surface area (Å²) in [6.45, 7) is 6.37. The average Bonchev–Trinajstić information content (AvgIpc) is 2.43. The van der Waals surface area contributed by atoms with Crippen LogP contribution in [0.15, 0.2) is 0 Å². The molecule has 0 aliphatic carbocycles. The van der Waals surface area contributed by atoms with E-state index in [1.807, 2.05) is 4.90 Å². The van der Waals surface area contributed by atoms with E-state index in [1.54, 1.807) is 7.11 Å². The van der Waals surface area contributed by atoms with Crippen LogP contribution in [0.5, 0.6) is 0 Å². The molecule has 0 spiro atoms. The fourth-order valence-corrected chi connectivity index (χ4v) is 2.35. The van der Waals surface area contributed by atoms with Gasteiger partial charge in [0.2, 0.25) is 5.91 Å². The second kappa shape index (κ2) is 12.4. The number of ether oxygens (including phenoxy) is 1. The Morgan fingerprint density at radius 1 is 1.16 bits per heavy atom. The Labute approximate surface area is 118 Å². The summed E-state index contributed by atoms with van der Waals surface area (Å²) < 4.78 is 5.11. The van der Waals surface area contributed by atoms with Gasteiger partial charge in [-0.3, -0.25) is 4.79 Å². The number of hydrogen-bond acceptors (Lipinski definition) is 3. The zero-order valence-electron chi connectivity index (χ0n) is 13.0. The third kappa shape index (κ3) is 8.22. The number of methoxy groups -OCH3 is 1. The lowest BCUT2D eigenvalue weighted by molar-refractivity contribution is -0.134. The van der Waals surface area contributed by atoms with Gasteiger partial charge in [-0.1, -0.05) is 26.7 Å². The number of carbonyl (C=O) groups is 1. The number of rotatable bonds is 12. The SMILES string of the molecule is CCC(CC)N(CCOC)C(=O)CCCCCCN. The second-order valence-corrected chi connectivity index (χ2v) is 5.00. The molecule has 0 heterocycles. The normalized spacial score (nSPS) is 11.0. The fourth-order valence-electron chi connectivity index (χ4n) is 2.35. The first-order valence-electron chi connectivity index (χ1n) is 7.69. The van der Waals surface area contributed by atoms with Crippen molar-refractivity contribution in [2.24, 2.45) is 5.73 Å². The summed E-state index contributed by atoms with van der Waals surface area (Å²) in [6, 6.07) is 0.353. The Balaban J connectivity index is 4.13. The molecule has 0 aliphatic heterocycles. The predicted molar refractivity (Wildman–Crippen MR) is 80.1 cm³/mol. The maximum Gasteiger partial charge on any atom is 0.222 e. The van der Waals surface area contributed by atoms with Crippen molar-refractivity contribution in [3.63, 3.8) is 0 Å². The minimum absolute atomic E-state index is 0.276. The summed E-state index contributed by atoms with van der Waals surface area (Å²) in [5, 5.41) is 0. The molecule has 0 aliphatic rings. The molecule has 0 saturated carbocycles. The Hall–Kier alpha value is -0.610. The minimum atomic E-state index is 0.276. The van der Waals surface area contributed by atoms with Crippen LogP contribution in [0, 0.1) is 0 Å². The van der Waals surface area contributed by atoms with E-state index in [2.05, 4.69) is 13.8 Å². The van der Waals surface area contributed by atoms with Crippen LogP contribution in [0.4, 0.5) is 0 Å². The molecule has 0 aromatic rings. The molecule has 4 heteroatoms. The number of carbonyl (C=O) groups excluding carboxylic acids is 1. The quantitative estimate of drug-likeness (QED) is 0.556. The molecule has 0 saturated heterocycles. The van der Waals surface area contributed by atoms with Crippen LogP contribution in [0.25, 0.3) is 0 Å². The molecule has 4 nitrogen and oxygen atoms in total. The monoisotopic (exact) mass is 272 g/mol. The van der Waals surface area contributed by atoms with Gasteiger partial charge in [0.05, 0.1) is 6.61 Å². The summed E-state index contributed by atoms with van der Waals surface area (Å²) >= 11 is 0. The summed E-state index contributed by atoms with van der Waals surface area (Å²) in [7, 11) is 1.68. The van der Waals surface area contributed by atoms with Crippen LogP contribution in [-0.4, -0.2) is 43.7 Å². The van der Waals surface area contributed by atoms with E-state index in [4.69, 9.17) is 10.5 Å². The van der Waals surface area contributed by atoms with Gasteiger partial charge in [0.15, 0.2) is 0 Å². The van der Waals surface area contributed by atoms with Crippen molar-refractivity contribution >= 4 is 5.91 Å². The Morgan fingerprint density at radius 2 is 1.79 bits per heavy atom. The molecule has 19 heavy (non-hydrogen) atoms. The van der Waals surface area contributed by atoms with Crippen molar-refractivity contribution in [3.8, 4) is 0 Å². The molecule has 0 fully saturated rings. The average molecular weight is 272 g/mol. The third-order valence-electron chi connectivity index (χ3n) is 3.58. The van der Waals surface area contributed by atoms with E-state index >= 15 is 0 Å². The van der Waals surface area contributed by atoms with Crippen molar-refractivity contribution in [1.29, 1.82) is 0 Å². The topological polar surface area (TPSA) is 55.6 Å². The van der Waals surface area contributed by atoms with Crippen molar-refractivity contribution in [2.45, 2.75) is 64.8 Å². The van der Waals surface area contributed by atoms with Crippen LogP contribution in [0.3, 0.4) is 0 Å². The van der Waals surface area contributed by atoms with Gasteiger partial charge in [-0.05, 0) is 32.2 Å². The maximum absolute atomic E-state index is 12.3. The lowest BCUT2D eigenvalue weighted by Crippen LogP contribution is -2.41. The molecular formula is C15H32N2O2. The molecule has 1 amide bonds. The molecule has 2 N–H and O–H groups in total. The highest BCUT2D eigenvalue weighted by Crippen LogP contribution is 2.12. The highest BCUT2D eigenvalue weighted by Gasteiger charge is 2.19. The van der Waals surface area contributed by atoms with Gasteiger partial charge < -0.3 is 15.4 Å². The molecule has 0 unspecified atom stereocenters. The highest BCUT2D eigenvalue weighted by atomic mass is 16.5. The van der Waals surface area contributed by atoms with Crippen LogP contribution in [0.2, 0.25) is 0 Å². The van der Waals surface area contributed by atoms with E-state index in [1.165, 1.54) is 0 Å². The Kier molecular flexibility index (Phi) is 12.0. The first kappa shape index (κ1) is 18.4. The third-order valence-corrected chi connectivity index (χ3v) is 3.58. The van der Waals surface area contributed by atoms with Crippen molar-refractivity contribution < 1.29 is 9.53 Å². The first-order chi connectivity index (χ1) is 9.21. The zero-order valence-corrected chi connectivity index (χ0v) is 13.0. The zero-order chi connectivity index (χ0) is 14.5. The maximum atomic E-state index is 12.3. The lowest BCUT2D eigenvalue weighted by atomic mass is 10.1. The van der Waals surface area contributed by atoms with Crippen molar-refractivity contribution in [2.75, 3.05) is 26.8 Å². The summed E-state index contributed by atoms with van der Waals surface area (Å²) in [5.41, 5.74) is 5.46. The van der Waals surface area contributed by atoms with Crippen LogP contribution < -0.4 is 5.73 Å². The molecule has 114 valence electrons. The number of amides is 1. The van der Waals surface area contributed by atoms with Gasteiger partial charge in [0.25, 0.3) is 0 Å². The van der Waals surface area contributed by atoms with E-state index in [9.17, 15) is 4.79 Å². The summed E-state index contributed by atoms with van der Waals surface area (Å²) in [6.07, 6.45) is 6.95. The van der Waals surface area contributed by atoms with E-state index in [-0.39, 0.29) is 5.91 Å². The van der Waals surface area contributed by atoms with Gasteiger partial charge in [0.1, 0.15) is 0 Å². The standard InChI is InChI=1S/C15H32N2O2/c1-4-14(5-2)17(12-13-19-3)15(18)10-8-6-7-9-11-16/h14H,4-13,16H2,1-3H3. The van der Waals surface area contributed by atoms with Gasteiger partial charge in [-0.25, -0.2) is 0 Å². The molecule has 0 atom stereocenters. The molecule has 0 aromatic carbocycles. The highest BCUT2D eigenvalue weighted by molar-refractivity contribution is 5.76. The largest absolute Gasteiger partial charge is 0.383 e. The fraction of sp³-hybridized carbons (Fsp3) is 0.933. The van der Waals surface area contributed by atoms with Crippen LogP contribution in [0.1, 0.15) is 58.8 Å². The van der Waals surface area contributed by atoms with Crippen molar-refractivity contribution in [1.82, 2.24) is 4.90 Å². The molecular weight excluding hydrogens is 240 g/mol. The number of nitrogens with two attached hydrogens (primary N) is 1. The van der Waals surface area contributed by atoms with Gasteiger partial charge >= 0.3 is 0 Å². The predicted octanol–water partition coefficient (Wildman–Crippen LogP) is 2.56. The van der Waals surface area contributed by atoms with Gasteiger partial charge in [0, 0.05) is 26.1 Å². The number of nitrogens with zero attached hydrogens (tertiary/aromatic N) is 1. The van der Waals surface area contributed by atoms with E-state index in [0.29, 0.717) is 25.6 Å². The van der Waals surface area contributed by atoms with Crippen LogP contribution in [-0.2, 0) is 9.53 Å². The second-order valence-electron chi connectivity index (χ2n) is 5.00. The van der Waals surface area contributed by atoms with Crippen molar-refractivity contribution in [3.05, 3.63) is 0 Å². The smallest absolute Gasteiger partial charge is 0.222 e. The first-order valence-corrected chi connectivity index (χ1v) is 7.69. The molecule has 0 bridgehead atoms. The van der Waals surface area contributed by atoms with Gasteiger partial charge in [-0.15, -0.1) is 0 Å². The molecule has 0 rings (SSSR count). The van der Waals surface area contributed by atoms with E-state index in [0.717, 1.165) is 45.1 Å². The molecule has 0 radical (unpaired) electrons. The molecule has 0 aromatic heterocycles. The lowest BCUT2D eigenvalue weighted by Gasteiger charge is -2.30. The summed E-state index contributed by atoms with van der Waals surface area (Å²) in [4.78, 5) is 14.3. The minimum Gasteiger partial charge on any atom is -0.383 e. The van der Waals surface area contributed by atoms with Gasteiger partial charge in [-0.2, -0.15) is 0 Å².